The molecular weight excluding hydrogens is 270 g/mol. The highest BCUT2D eigenvalue weighted by Gasteiger charge is 2.18. The first kappa shape index (κ1) is 13.7. The highest BCUT2D eigenvalue weighted by Crippen LogP contribution is 2.23. The van der Waals surface area contributed by atoms with Gasteiger partial charge in [0.15, 0.2) is 5.78 Å². The highest BCUT2D eigenvalue weighted by atomic mass is 35.5. The van der Waals surface area contributed by atoms with Crippen LogP contribution in [0.2, 0.25) is 5.02 Å². The predicted molar refractivity (Wildman–Crippen MR) is 70.7 cm³/mol. The van der Waals surface area contributed by atoms with E-state index >= 15 is 0 Å². The van der Waals surface area contributed by atoms with Crippen molar-refractivity contribution in [2.75, 3.05) is 0 Å². The van der Waals surface area contributed by atoms with Crippen LogP contribution in [-0.4, -0.2) is 5.78 Å². The number of benzene rings is 2. The highest BCUT2D eigenvalue weighted by molar-refractivity contribution is 6.30. The molecule has 0 aromatic heterocycles. The van der Waals surface area contributed by atoms with Gasteiger partial charge in [0.25, 0.3) is 0 Å². The van der Waals surface area contributed by atoms with Gasteiger partial charge in [-0.05, 0) is 31.5 Å². The third kappa shape index (κ3) is 2.66. The normalized spacial score (nSPS) is 10.6. The number of carbonyl (C=O) groups excluding carboxylic acids is 1. The van der Waals surface area contributed by atoms with Gasteiger partial charge in [-0.25, -0.2) is 8.78 Å². The molecule has 0 atom stereocenters. The molecule has 4 heteroatoms. The van der Waals surface area contributed by atoms with Crippen molar-refractivity contribution in [1.82, 2.24) is 0 Å². The number of ketones is 1. The second-order valence-electron chi connectivity index (χ2n) is 4.39. The Hall–Kier alpha value is -1.74. The molecule has 0 radical (unpaired) electrons. The van der Waals surface area contributed by atoms with E-state index in [9.17, 15) is 13.6 Å². The monoisotopic (exact) mass is 280 g/mol. The number of hydrogen-bond donors (Lipinski definition) is 0. The second kappa shape index (κ2) is 5.10. The number of aryl methyl sites for hydroxylation is 2. The van der Waals surface area contributed by atoms with Gasteiger partial charge in [-0.3, -0.25) is 4.79 Å². The summed E-state index contributed by atoms with van der Waals surface area (Å²) in [4.78, 5) is 12.2. The number of hydrogen-bond acceptors (Lipinski definition) is 1. The van der Waals surface area contributed by atoms with Crippen LogP contribution in [0.15, 0.2) is 30.3 Å². The molecule has 2 rings (SSSR count). The maximum atomic E-state index is 13.7. The first-order valence-corrected chi connectivity index (χ1v) is 6.04. The average molecular weight is 281 g/mol. The van der Waals surface area contributed by atoms with Crippen LogP contribution < -0.4 is 0 Å². The van der Waals surface area contributed by atoms with Gasteiger partial charge in [0.1, 0.15) is 11.6 Å². The van der Waals surface area contributed by atoms with Crippen LogP contribution in [0, 0.1) is 25.5 Å². The molecule has 0 aliphatic rings. The number of halogens is 3. The lowest BCUT2D eigenvalue weighted by molar-refractivity contribution is 0.103. The van der Waals surface area contributed by atoms with Gasteiger partial charge in [0.05, 0.1) is 10.6 Å². The van der Waals surface area contributed by atoms with Gasteiger partial charge in [-0.2, -0.15) is 0 Å². The molecule has 0 amide bonds. The first-order chi connectivity index (χ1) is 8.90. The Morgan fingerprint density at radius 1 is 1.00 bits per heavy atom. The molecule has 19 heavy (non-hydrogen) atoms. The van der Waals surface area contributed by atoms with Crippen molar-refractivity contribution in [3.63, 3.8) is 0 Å². The van der Waals surface area contributed by atoms with Crippen molar-refractivity contribution < 1.29 is 13.6 Å². The van der Waals surface area contributed by atoms with E-state index in [0.717, 1.165) is 23.3 Å². The second-order valence-corrected chi connectivity index (χ2v) is 4.80. The van der Waals surface area contributed by atoms with Gasteiger partial charge >= 0.3 is 0 Å². The van der Waals surface area contributed by atoms with Crippen LogP contribution in [0.1, 0.15) is 27.0 Å². The molecule has 2 aromatic carbocycles. The van der Waals surface area contributed by atoms with E-state index in [1.54, 1.807) is 19.1 Å². The van der Waals surface area contributed by atoms with Crippen LogP contribution in [0.3, 0.4) is 0 Å². The zero-order valence-corrected chi connectivity index (χ0v) is 11.2. The van der Waals surface area contributed by atoms with Gasteiger partial charge in [0, 0.05) is 5.56 Å². The Labute approximate surface area is 114 Å². The standard InChI is InChI=1S/C15H11ClF2O/c1-8-3-4-10(9(2)5-8)15(19)11-6-14(18)12(16)7-13(11)17/h3-7H,1-2H3. The summed E-state index contributed by atoms with van der Waals surface area (Å²) in [5, 5.41) is -0.338. The van der Waals surface area contributed by atoms with Crippen molar-refractivity contribution >= 4 is 17.4 Å². The smallest absolute Gasteiger partial charge is 0.196 e. The third-order valence-corrected chi connectivity index (χ3v) is 3.17. The van der Waals surface area contributed by atoms with Crippen molar-refractivity contribution in [2.24, 2.45) is 0 Å². The summed E-state index contributed by atoms with van der Waals surface area (Å²) < 4.78 is 27.1. The fourth-order valence-electron chi connectivity index (χ4n) is 1.91. The summed E-state index contributed by atoms with van der Waals surface area (Å²) in [5.41, 5.74) is 1.76. The molecule has 0 bridgehead atoms. The molecule has 0 saturated carbocycles. The predicted octanol–water partition coefficient (Wildman–Crippen LogP) is 4.47. The van der Waals surface area contributed by atoms with E-state index in [-0.39, 0.29) is 10.6 Å². The molecule has 0 aliphatic carbocycles. The summed E-state index contributed by atoms with van der Waals surface area (Å²) in [7, 11) is 0. The maximum absolute atomic E-state index is 13.7. The van der Waals surface area contributed by atoms with Crippen LogP contribution in [-0.2, 0) is 0 Å². The molecular formula is C15H11ClF2O. The molecule has 98 valence electrons. The van der Waals surface area contributed by atoms with Crippen molar-refractivity contribution in [3.8, 4) is 0 Å². The molecule has 0 unspecified atom stereocenters. The van der Waals surface area contributed by atoms with Gasteiger partial charge in [-0.1, -0.05) is 35.4 Å². The Morgan fingerprint density at radius 3 is 2.32 bits per heavy atom. The van der Waals surface area contributed by atoms with E-state index in [4.69, 9.17) is 11.6 Å². The SMILES string of the molecule is Cc1ccc(C(=O)c2cc(F)c(Cl)cc2F)c(C)c1. The summed E-state index contributed by atoms with van der Waals surface area (Å²) in [6.45, 7) is 3.65. The minimum Gasteiger partial charge on any atom is -0.288 e. The first-order valence-electron chi connectivity index (χ1n) is 5.66. The van der Waals surface area contributed by atoms with Crippen molar-refractivity contribution in [3.05, 3.63) is 69.2 Å². The fraction of sp³-hybridized carbons (Fsp3) is 0.133. The zero-order chi connectivity index (χ0) is 14.2. The lowest BCUT2D eigenvalue weighted by Gasteiger charge is -2.08. The summed E-state index contributed by atoms with van der Waals surface area (Å²) in [6, 6.07) is 6.83. The summed E-state index contributed by atoms with van der Waals surface area (Å²) >= 11 is 5.46. The Kier molecular flexibility index (Phi) is 3.67. The van der Waals surface area contributed by atoms with E-state index in [0.29, 0.717) is 5.56 Å². The van der Waals surface area contributed by atoms with Crippen LogP contribution in [0.5, 0.6) is 0 Å². The molecule has 0 N–H and O–H groups in total. The molecule has 0 heterocycles. The molecule has 0 aliphatic heterocycles. The van der Waals surface area contributed by atoms with Gasteiger partial charge in [-0.15, -0.1) is 0 Å². The summed E-state index contributed by atoms with van der Waals surface area (Å²) in [5.74, 6) is -2.18. The van der Waals surface area contributed by atoms with Crippen LogP contribution in [0.4, 0.5) is 8.78 Å². The van der Waals surface area contributed by atoms with Crippen molar-refractivity contribution in [1.29, 1.82) is 0 Å². The van der Waals surface area contributed by atoms with Crippen LogP contribution >= 0.6 is 11.6 Å². The molecule has 0 saturated heterocycles. The summed E-state index contributed by atoms with van der Waals surface area (Å²) in [6.07, 6.45) is 0. The zero-order valence-electron chi connectivity index (χ0n) is 10.4. The molecule has 0 fully saturated rings. The topological polar surface area (TPSA) is 17.1 Å². The number of carbonyl (C=O) groups is 1. The average Bonchev–Trinajstić information content (AvgIpc) is 2.33. The quantitative estimate of drug-likeness (QED) is 0.586. The largest absolute Gasteiger partial charge is 0.288 e. The molecule has 0 spiro atoms. The molecule has 2 aromatic rings. The third-order valence-electron chi connectivity index (χ3n) is 2.88. The lowest BCUT2D eigenvalue weighted by Crippen LogP contribution is -2.07. The van der Waals surface area contributed by atoms with Gasteiger partial charge < -0.3 is 0 Å². The van der Waals surface area contributed by atoms with E-state index in [1.807, 2.05) is 13.0 Å². The molecule has 1 nitrogen and oxygen atoms in total. The fourth-order valence-corrected chi connectivity index (χ4v) is 2.06. The Bertz CT molecular complexity index is 665. The lowest BCUT2D eigenvalue weighted by atomic mass is 9.97. The van der Waals surface area contributed by atoms with E-state index in [2.05, 4.69) is 0 Å². The minimum absolute atomic E-state index is 0.311. The maximum Gasteiger partial charge on any atom is 0.196 e. The number of rotatable bonds is 2. The van der Waals surface area contributed by atoms with E-state index in [1.165, 1.54) is 0 Å². The minimum atomic E-state index is -0.823. The Balaban J connectivity index is 2.53. The van der Waals surface area contributed by atoms with E-state index < -0.39 is 17.4 Å². The van der Waals surface area contributed by atoms with Gasteiger partial charge in [0.2, 0.25) is 0 Å². The van der Waals surface area contributed by atoms with Crippen molar-refractivity contribution in [2.45, 2.75) is 13.8 Å². The Morgan fingerprint density at radius 2 is 1.68 bits per heavy atom. The van der Waals surface area contributed by atoms with Crippen LogP contribution in [0.25, 0.3) is 0 Å².